The summed E-state index contributed by atoms with van der Waals surface area (Å²) in [5.74, 6) is 0. The molecule has 0 saturated carbocycles. The van der Waals surface area contributed by atoms with Gasteiger partial charge in [-0.3, -0.25) is 0 Å². The molecule has 0 fully saturated rings. The Morgan fingerprint density at radius 3 is 2.76 bits per heavy atom. The van der Waals surface area contributed by atoms with Crippen molar-refractivity contribution in [3.05, 3.63) is 70.2 Å². The summed E-state index contributed by atoms with van der Waals surface area (Å²) in [6, 6.07) is 16.4. The Kier molecular flexibility index (Phi) is 4.59. The molecule has 2 atom stereocenters. The second kappa shape index (κ2) is 6.61. The third kappa shape index (κ3) is 3.46. The van der Waals surface area contributed by atoms with E-state index in [4.69, 9.17) is 22.1 Å². The van der Waals surface area contributed by atoms with Crippen molar-refractivity contribution in [3.63, 3.8) is 0 Å². The Bertz CT molecular complexity index is 614. The normalized spacial score (nSPS) is 19.0. The topological polar surface area (TPSA) is 35.2 Å². The maximum Gasteiger partial charge on any atom is 0.0842 e. The average molecular weight is 302 g/mol. The van der Waals surface area contributed by atoms with Gasteiger partial charge in [0.2, 0.25) is 0 Å². The summed E-state index contributed by atoms with van der Waals surface area (Å²) >= 11 is 6.21. The van der Waals surface area contributed by atoms with E-state index in [2.05, 4.69) is 24.3 Å². The molecular formula is C18H20ClNO. The molecule has 0 radical (unpaired) electrons. The fourth-order valence-electron chi connectivity index (χ4n) is 2.98. The van der Waals surface area contributed by atoms with Gasteiger partial charge in [0.15, 0.2) is 0 Å². The number of ether oxygens (including phenoxy) is 1. The molecular weight excluding hydrogens is 282 g/mol. The summed E-state index contributed by atoms with van der Waals surface area (Å²) in [5, 5.41) is 0.790. The van der Waals surface area contributed by atoms with Gasteiger partial charge in [0.1, 0.15) is 0 Å². The highest BCUT2D eigenvalue weighted by molar-refractivity contribution is 6.31. The summed E-state index contributed by atoms with van der Waals surface area (Å²) in [6.45, 7) is 0.778. The zero-order valence-corrected chi connectivity index (χ0v) is 12.7. The standard InChI is InChI=1S/C18H20ClNO/c19-17-8-4-2-6-14(17)11-15(20)12-18-16-7-3-1-5-13(16)9-10-21-18/h1-8,15,18H,9-12,20H2. The van der Waals surface area contributed by atoms with Crippen LogP contribution in [0.25, 0.3) is 0 Å². The summed E-state index contributed by atoms with van der Waals surface area (Å²) in [6.07, 6.45) is 2.70. The van der Waals surface area contributed by atoms with E-state index in [-0.39, 0.29) is 12.1 Å². The fourth-order valence-corrected chi connectivity index (χ4v) is 3.19. The molecule has 3 rings (SSSR count). The molecule has 1 aliphatic heterocycles. The van der Waals surface area contributed by atoms with Gasteiger partial charge in [-0.25, -0.2) is 0 Å². The van der Waals surface area contributed by atoms with Gasteiger partial charge >= 0.3 is 0 Å². The minimum Gasteiger partial charge on any atom is -0.373 e. The largest absolute Gasteiger partial charge is 0.373 e. The highest BCUT2D eigenvalue weighted by atomic mass is 35.5. The van der Waals surface area contributed by atoms with Gasteiger partial charge in [0.05, 0.1) is 12.7 Å². The number of hydrogen-bond acceptors (Lipinski definition) is 2. The Morgan fingerprint density at radius 1 is 1.14 bits per heavy atom. The molecule has 2 nitrogen and oxygen atoms in total. The van der Waals surface area contributed by atoms with Crippen molar-refractivity contribution in [2.24, 2.45) is 5.73 Å². The number of benzene rings is 2. The van der Waals surface area contributed by atoms with Crippen molar-refractivity contribution >= 4 is 11.6 Å². The molecule has 0 spiro atoms. The molecule has 2 aromatic carbocycles. The summed E-state index contributed by atoms with van der Waals surface area (Å²) in [5.41, 5.74) is 10.1. The average Bonchev–Trinajstić information content (AvgIpc) is 2.50. The van der Waals surface area contributed by atoms with Crippen molar-refractivity contribution in [3.8, 4) is 0 Å². The first-order chi connectivity index (χ1) is 10.2. The zero-order chi connectivity index (χ0) is 14.7. The van der Waals surface area contributed by atoms with Gasteiger partial charge in [-0.2, -0.15) is 0 Å². The Hall–Kier alpha value is -1.35. The zero-order valence-electron chi connectivity index (χ0n) is 12.0. The van der Waals surface area contributed by atoms with Crippen molar-refractivity contribution in [1.82, 2.24) is 0 Å². The number of nitrogens with two attached hydrogens (primary N) is 1. The predicted octanol–water partition coefficient (Wildman–Crippen LogP) is 3.91. The second-order valence-electron chi connectivity index (χ2n) is 5.60. The fraction of sp³-hybridized carbons (Fsp3) is 0.333. The highest BCUT2D eigenvalue weighted by Crippen LogP contribution is 2.31. The lowest BCUT2D eigenvalue weighted by Crippen LogP contribution is -2.28. The molecule has 2 N–H and O–H groups in total. The van der Waals surface area contributed by atoms with Gasteiger partial charge in [-0.05, 0) is 42.0 Å². The van der Waals surface area contributed by atoms with E-state index in [1.54, 1.807) is 0 Å². The highest BCUT2D eigenvalue weighted by Gasteiger charge is 2.22. The molecule has 0 aromatic heterocycles. The first-order valence-electron chi connectivity index (χ1n) is 7.42. The second-order valence-corrected chi connectivity index (χ2v) is 6.01. The van der Waals surface area contributed by atoms with Crippen LogP contribution in [0.5, 0.6) is 0 Å². The van der Waals surface area contributed by atoms with Gasteiger partial charge in [0, 0.05) is 11.1 Å². The summed E-state index contributed by atoms with van der Waals surface area (Å²) in [4.78, 5) is 0. The van der Waals surface area contributed by atoms with Crippen molar-refractivity contribution in [1.29, 1.82) is 0 Å². The predicted molar refractivity (Wildman–Crippen MR) is 86.6 cm³/mol. The van der Waals surface area contributed by atoms with E-state index in [1.165, 1.54) is 11.1 Å². The molecule has 1 aliphatic rings. The van der Waals surface area contributed by atoms with E-state index < -0.39 is 0 Å². The van der Waals surface area contributed by atoms with Crippen LogP contribution in [0.4, 0.5) is 0 Å². The third-order valence-corrected chi connectivity index (χ3v) is 4.42. The minimum atomic E-state index is 0.0426. The first-order valence-corrected chi connectivity index (χ1v) is 7.80. The molecule has 2 unspecified atom stereocenters. The van der Waals surface area contributed by atoms with E-state index in [1.807, 2.05) is 24.3 Å². The van der Waals surface area contributed by atoms with Crippen LogP contribution in [0.15, 0.2) is 48.5 Å². The SMILES string of the molecule is NC(Cc1ccccc1Cl)CC1OCCc2ccccc21. The van der Waals surface area contributed by atoms with E-state index >= 15 is 0 Å². The molecule has 21 heavy (non-hydrogen) atoms. The maximum atomic E-state index is 6.32. The Morgan fingerprint density at radius 2 is 1.90 bits per heavy atom. The molecule has 0 amide bonds. The number of fused-ring (bicyclic) bond motifs is 1. The lowest BCUT2D eigenvalue weighted by atomic mass is 9.92. The molecule has 0 saturated heterocycles. The van der Waals surface area contributed by atoms with Crippen molar-refractivity contribution in [2.45, 2.75) is 31.4 Å². The third-order valence-electron chi connectivity index (χ3n) is 4.05. The van der Waals surface area contributed by atoms with Crippen molar-refractivity contribution in [2.75, 3.05) is 6.61 Å². The Balaban J connectivity index is 1.69. The number of rotatable bonds is 4. The van der Waals surface area contributed by atoms with Crippen LogP contribution < -0.4 is 5.73 Å². The first kappa shape index (κ1) is 14.6. The monoisotopic (exact) mass is 301 g/mol. The van der Waals surface area contributed by atoms with Gasteiger partial charge < -0.3 is 10.5 Å². The molecule has 1 heterocycles. The molecule has 0 bridgehead atoms. The van der Waals surface area contributed by atoms with Gasteiger partial charge in [-0.1, -0.05) is 54.1 Å². The van der Waals surface area contributed by atoms with Crippen LogP contribution >= 0.6 is 11.6 Å². The Labute approximate surface area is 130 Å². The van der Waals surface area contributed by atoms with E-state index in [0.29, 0.717) is 0 Å². The minimum absolute atomic E-state index is 0.0426. The lowest BCUT2D eigenvalue weighted by molar-refractivity contribution is 0.0321. The van der Waals surface area contributed by atoms with Crippen LogP contribution in [-0.4, -0.2) is 12.6 Å². The van der Waals surface area contributed by atoms with Gasteiger partial charge in [-0.15, -0.1) is 0 Å². The number of hydrogen-bond donors (Lipinski definition) is 1. The van der Waals surface area contributed by atoms with Crippen LogP contribution in [-0.2, 0) is 17.6 Å². The molecule has 110 valence electrons. The van der Waals surface area contributed by atoms with Crippen LogP contribution in [0, 0.1) is 0 Å². The van der Waals surface area contributed by atoms with E-state index in [9.17, 15) is 0 Å². The lowest BCUT2D eigenvalue weighted by Gasteiger charge is -2.28. The quantitative estimate of drug-likeness (QED) is 0.929. The van der Waals surface area contributed by atoms with Crippen LogP contribution in [0.1, 0.15) is 29.2 Å². The number of halogens is 1. The van der Waals surface area contributed by atoms with Crippen LogP contribution in [0.2, 0.25) is 5.02 Å². The van der Waals surface area contributed by atoms with Crippen molar-refractivity contribution < 1.29 is 4.74 Å². The maximum absolute atomic E-state index is 6.32. The van der Waals surface area contributed by atoms with Crippen LogP contribution in [0.3, 0.4) is 0 Å². The van der Waals surface area contributed by atoms with E-state index in [0.717, 1.165) is 36.5 Å². The smallest absolute Gasteiger partial charge is 0.0842 e. The molecule has 0 aliphatic carbocycles. The summed E-state index contributed by atoms with van der Waals surface area (Å²) < 4.78 is 5.93. The summed E-state index contributed by atoms with van der Waals surface area (Å²) in [7, 11) is 0. The molecule has 3 heteroatoms. The van der Waals surface area contributed by atoms with Gasteiger partial charge in [0.25, 0.3) is 0 Å². The molecule has 2 aromatic rings.